The van der Waals surface area contributed by atoms with Gasteiger partial charge in [0.15, 0.2) is 11.5 Å². The van der Waals surface area contributed by atoms with Gasteiger partial charge in [0.1, 0.15) is 22.9 Å². The van der Waals surface area contributed by atoms with E-state index in [0.717, 1.165) is 21.9 Å². The number of phenolic OH excluding ortho intramolecular Hbond substituents is 2. The van der Waals surface area contributed by atoms with Crippen LogP contribution in [0.15, 0.2) is 107 Å². The number of fused-ring (bicyclic) bond motifs is 4. The Morgan fingerprint density at radius 1 is 0.619 bits per heavy atom. The highest BCUT2D eigenvalue weighted by Crippen LogP contribution is 2.54. The number of benzene rings is 4. The van der Waals surface area contributed by atoms with E-state index in [2.05, 4.69) is 23.8 Å². The molecule has 4 aromatic carbocycles. The molecule has 2 aromatic heterocycles. The number of hydrogen-bond donors (Lipinski definition) is 2. The van der Waals surface area contributed by atoms with Crippen molar-refractivity contribution in [2.24, 2.45) is 9.98 Å². The zero-order chi connectivity index (χ0) is 28.8. The highest BCUT2D eigenvalue weighted by atomic mass is 16.5. The number of para-hydroxylation sites is 2. The number of nitrogens with zero attached hydrogens (tertiary/aromatic N) is 4. The first-order chi connectivity index (χ1) is 20.4. The minimum atomic E-state index is -0.410. The number of hydrogen-bond acceptors (Lipinski definition) is 7. The van der Waals surface area contributed by atoms with Gasteiger partial charge in [0.2, 0.25) is 0 Å². The van der Waals surface area contributed by atoms with Crippen molar-refractivity contribution < 1.29 is 14.9 Å². The summed E-state index contributed by atoms with van der Waals surface area (Å²) in [6.07, 6.45) is 6.66. The first-order valence-electron chi connectivity index (χ1n) is 13.6. The van der Waals surface area contributed by atoms with Crippen molar-refractivity contribution in [1.29, 1.82) is 0 Å². The monoisotopic (exact) mass is 550 g/mol. The van der Waals surface area contributed by atoms with Crippen LogP contribution in [0.2, 0.25) is 0 Å². The summed E-state index contributed by atoms with van der Waals surface area (Å²) in [7, 11) is 0. The van der Waals surface area contributed by atoms with Gasteiger partial charge in [-0.1, -0.05) is 50.2 Å². The number of phenols is 2. The van der Waals surface area contributed by atoms with E-state index in [9.17, 15) is 10.2 Å². The van der Waals surface area contributed by atoms with Crippen LogP contribution in [0.25, 0.3) is 21.8 Å². The smallest absolute Gasteiger partial charge is 0.157 e. The molecule has 1 aliphatic heterocycles. The molecule has 0 fully saturated rings. The third-order valence-electron chi connectivity index (χ3n) is 7.79. The molecule has 7 heteroatoms. The summed E-state index contributed by atoms with van der Waals surface area (Å²) in [6.45, 7) is 4.30. The molecule has 0 saturated heterocycles. The number of ether oxygens (including phenoxy) is 1. The van der Waals surface area contributed by atoms with Crippen LogP contribution in [0.4, 0.5) is 11.4 Å². The molecular weight excluding hydrogens is 524 g/mol. The Labute approximate surface area is 242 Å². The molecule has 2 N–H and O–H groups in total. The summed E-state index contributed by atoms with van der Waals surface area (Å²) in [6, 6.07) is 26.4. The average Bonchev–Trinajstić information content (AvgIpc) is 3.00. The minimum absolute atomic E-state index is 0.101. The Kier molecular flexibility index (Phi) is 5.94. The summed E-state index contributed by atoms with van der Waals surface area (Å²) >= 11 is 0. The van der Waals surface area contributed by atoms with E-state index in [0.29, 0.717) is 45.0 Å². The van der Waals surface area contributed by atoms with Gasteiger partial charge in [-0.25, -0.2) is 0 Å². The Bertz CT molecular complexity index is 1930. The van der Waals surface area contributed by atoms with Crippen molar-refractivity contribution in [2.45, 2.75) is 19.3 Å². The first-order valence-corrected chi connectivity index (χ1v) is 13.6. The van der Waals surface area contributed by atoms with Crippen molar-refractivity contribution in [3.63, 3.8) is 0 Å². The van der Waals surface area contributed by atoms with Gasteiger partial charge in [-0.15, -0.1) is 0 Å². The minimum Gasteiger partial charge on any atom is -0.507 e. The van der Waals surface area contributed by atoms with E-state index in [4.69, 9.17) is 14.7 Å². The molecule has 0 aliphatic carbocycles. The van der Waals surface area contributed by atoms with Gasteiger partial charge in [0.25, 0.3) is 0 Å². The van der Waals surface area contributed by atoms with Gasteiger partial charge in [-0.3, -0.25) is 20.0 Å². The van der Waals surface area contributed by atoms with Gasteiger partial charge in [0.05, 0.1) is 22.2 Å². The van der Waals surface area contributed by atoms with E-state index >= 15 is 0 Å². The van der Waals surface area contributed by atoms with Gasteiger partial charge in [-0.2, -0.15) is 0 Å². The maximum absolute atomic E-state index is 10.6. The molecule has 0 unspecified atom stereocenters. The normalized spacial score (nSPS) is 13.9. The Morgan fingerprint density at radius 2 is 1.10 bits per heavy atom. The molecule has 0 bridgehead atoms. The molecule has 0 atom stereocenters. The van der Waals surface area contributed by atoms with Gasteiger partial charge in [0, 0.05) is 52.1 Å². The molecule has 0 spiro atoms. The van der Waals surface area contributed by atoms with Crippen LogP contribution in [-0.2, 0) is 5.41 Å². The molecular formula is C35H26N4O3. The van der Waals surface area contributed by atoms with E-state index in [1.165, 1.54) is 0 Å². The summed E-state index contributed by atoms with van der Waals surface area (Å²) in [5, 5.41) is 23.0. The van der Waals surface area contributed by atoms with E-state index in [-0.39, 0.29) is 11.5 Å². The summed E-state index contributed by atoms with van der Waals surface area (Å²) in [4.78, 5) is 18.5. The third-order valence-corrected chi connectivity index (χ3v) is 7.79. The fourth-order valence-electron chi connectivity index (χ4n) is 5.54. The van der Waals surface area contributed by atoms with Crippen LogP contribution >= 0.6 is 0 Å². The molecule has 42 heavy (non-hydrogen) atoms. The van der Waals surface area contributed by atoms with Crippen LogP contribution in [0.1, 0.15) is 36.1 Å². The van der Waals surface area contributed by atoms with Crippen molar-refractivity contribution >= 4 is 45.6 Å². The van der Waals surface area contributed by atoms with Crippen molar-refractivity contribution in [3.05, 3.63) is 120 Å². The lowest BCUT2D eigenvalue weighted by molar-refractivity contribution is 0.420. The fraction of sp³-hybridized carbons (Fsp3) is 0.0857. The molecule has 0 amide bonds. The molecule has 7 nitrogen and oxygen atoms in total. The lowest BCUT2D eigenvalue weighted by Gasteiger charge is -2.35. The summed E-state index contributed by atoms with van der Waals surface area (Å²) < 4.78 is 6.60. The van der Waals surface area contributed by atoms with Gasteiger partial charge < -0.3 is 14.9 Å². The van der Waals surface area contributed by atoms with Crippen LogP contribution in [-0.4, -0.2) is 32.6 Å². The van der Waals surface area contributed by atoms with Gasteiger partial charge in [-0.05, 0) is 48.5 Å². The Morgan fingerprint density at radius 3 is 1.57 bits per heavy atom. The van der Waals surface area contributed by atoms with Gasteiger partial charge >= 0.3 is 0 Å². The predicted octanol–water partition coefficient (Wildman–Crippen LogP) is 8.13. The van der Waals surface area contributed by atoms with Crippen molar-refractivity contribution in [1.82, 2.24) is 9.97 Å². The Balaban J connectivity index is 1.32. The zero-order valence-electron chi connectivity index (χ0n) is 23.0. The fourth-order valence-corrected chi connectivity index (χ4v) is 5.54. The average molecular weight is 551 g/mol. The van der Waals surface area contributed by atoms with E-state index < -0.39 is 5.41 Å². The predicted molar refractivity (Wildman–Crippen MR) is 166 cm³/mol. The lowest BCUT2D eigenvalue weighted by atomic mass is 9.75. The van der Waals surface area contributed by atoms with Crippen LogP contribution in [0, 0.1) is 0 Å². The Hall–Kier alpha value is -5.56. The number of pyridine rings is 2. The molecule has 1 aliphatic rings. The maximum Gasteiger partial charge on any atom is 0.157 e. The van der Waals surface area contributed by atoms with Crippen molar-refractivity contribution in [3.8, 4) is 23.0 Å². The number of aliphatic imine (C=N–C) groups is 2. The number of aromatic nitrogens is 2. The maximum atomic E-state index is 10.6. The van der Waals surface area contributed by atoms with Crippen molar-refractivity contribution in [2.75, 3.05) is 0 Å². The number of rotatable bonds is 4. The SMILES string of the molecule is CC1(C)c2cccc(N=Cc3c(O)ccc4cccnc34)c2Oc2c(N=Cc3c(O)ccc4cccnc34)cccc21. The third kappa shape index (κ3) is 4.14. The first kappa shape index (κ1) is 25.4. The van der Waals surface area contributed by atoms with Crippen LogP contribution < -0.4 is 4.74 Å². The second-order valence-electron chi connectivity index (χ2n) is 10.7. The molecule has 6 aromatic rings. The van der Waals surface area contributed by atoms with Crippen LogP contribution in [0.3, 0.4) is 0 Å². The highest BCUT2D eigenvalue weighted by Gasteiger charge is 2.36. The second kappa shape index (κ2) is 9.82. The number of aromatic hydroxyl groups is 2. The molecule has 3 heterocycles. The highest BCUT2D eigenvalue weighted by molar-refractivity contribution is 6.02. The molecule has 0 saturated carbocycles. The topological polar surface area (TPSA) is 100 Å². The molecule has 204 valence electrons. The lowest BCUT2D eigenvalue weighted by Crippen LogP contribution is -2.24. The summed E-state index contributed by atoms with van der Waals surface area (Å²) in [5.41, 5.74) is 5.21. The van der Waals surface area contributed by atoms with Crippen LogP contribution in [0.5, 0.6) is 23.0 Å². The molecule has 0 radical (unpaired) electrons. The van der Waals surface area contributed by atoms with E-state index in [1.807, 2.05) is 72.8 Å². The largest absolute Gasteiger partial charge is 0.507 e. The standard InChI is InChI=1S/C35H26N4O3/c1-35(2)25-9-3-11-27(38-19-23-29(40)15-13-21-7-5-17-36-31(21)23)33(25)42-34-26(35)10-4-12-28(34)39-20-24-30(41)16-14-22-8-6-18-37-32(22)24/h3-20,40-41H,1-2H3. The zero-order valence-corrected chi connectivity index (χ0v) is 23.0. The molecule has 7 rings (SSSR count). The second-order valence-corrected chi connectivity index (χ2v) is 10.7. The summed E-state index contributed by atoms with van der Waals surface area (Å²) in [5.74, 6) is 1.45. The quantitative estimate of drug-likeness (QED) is 0.216. The van der Waals surface area contributed by atoms with E-state index in [1.54, 1.807) is 37.0 Å².